The number of nitrogens with one attached hydrogen (secondary N) is 2. The second-order valence-electron chi connectivity index (χ2n) is 6.51. The molecule has 0 aliphatic rings. The van der Waals surface area contributed by atoms with Crippen molar-refractivity contribution in [3.8, 4) is 11.5 Å². The molecule has 0 heterocycles. The van der Waals surface area contributed by atoms with Crippen LogP contribution < -0.4 is 20.1 Å². The van der Waals surface area contributed by atoms with Crippen molar-refractivity contribution in [1.29, 1.82) is 0 Å². The Hall–Kier alpha value is -3.68. The first-order valence-corrected chi connectivity index (χ1v) is 9.52. The summed E-state index contributed by atoms with van der Waals surface area (Å²) in [6.07, 6.45) is -4.46. The number of carbonyl (C=O) groups is 1. The summed E-state index contributed by atoms with van der Waals surface area (Å²) in [5, 5.41) is 5.35. The van der Waals surface area contributed by atoms with Crippen LogP contribution in [0.5, 0.6) is 11.5 Å². The summed E-state index contributed by atoms with van der Waals surface area (Å²) in [5.74, 6) is 0.961. The zero-order chi connectivity index (χ0) is 22.1. The second kappa shape index (κ2) is 10.4. The van der Waals surface area contributed by atoms with Crippen LogP contribution in [0.1, 0.15) is 5.56 Å². The third kappa shape index (κ3) is 7.26. The van der Waals surface area contributed by atoms with Crippen molar-refractivity contribution < 1.29 is 27.4 Å². The molecular formula is C23H21F3N2O3. The van der Waals surface area contributed by atoms with Gasteiger partial charge in [-0.1, -0.05) is 24.3 Å². The van der Waals surface area contributed by atoms with E-state index >= 15 is 0 Å². The molecule has 0 atom stereocenters. The zero-order valence-electron chi connectivity index (χ0n) is 16.5. The van der Waals surface area contributed by atoms with E-state index in [-0.39, 0.29) is 12.2 Å². The highest BCUT2D eigenvalue weighted by Gasteiger charge is 2.30. The molecule has 0 aliphatic carbocycles. The molecule has 0 radical (unpaired) electrons. The molecule has 3 aromatic rings. The number of hydrogen-bond donors (Lipinski definition) is 2. The van der Waals surface area contributed by atoms with Gasteiger partial charge in [0.15, 0.2) is 0 Å². The average molecular weight is 430 g/mol. The Morgan fingerprint density at radius 3 is 2.06 bits per heavy atom. The van der Waals surface area contributed by atoms with E-state index in [1.807, 2.05) is 30.3 Å². The summed E-state index contributed by atoms with van der Waals surface area (Å²) >= 11 is 0. The van der Waals surface area contributed by atoms with Crippen molar-refractivity contribution >= 4 is 17.3 Å². The van der Waals surface area contributed by atoms with Crippen LogP contribution in [0, 0.1) is 0 Å². The van der Waals surface area contributed by atoms with E-state index in [2.05, 4.69) is 10.6 Å². The average Bonchev–Trinajstić information content (AvgIpc) is 2.76. The van der Waals surface area contributed by atoms with E-state index in [9.17, 15) is 18.0 Å². The molecule has 0 spiro atoms. The minimum Gasteiger partial charge on any atom is -0.490 e. The summed E-state index contributed by atoms with van der Waals surface area (Å²) in [6, 6.07) is 20.9. The van der Waals surface area contributed by atoms with Crippen molar-refractivity contribution in [1.82, 2.24) is 0 Å². The maximum absolute atomic E-state index is 12.7. The van der Waals surface area contributed by atoms with Gasteiger partial charge in [0.05, 0.1) is 12.1 Å². The fourth-order valence-electron chi connectivity index (χ4n) is 2.67. The van der Waals surface area contributed by atoms with E-state index < -0.39 is 17.6 Å². The molecule has 1 amide bonds. The highest BCUT2D eigenvalue weighted by atomic mass is 19.4. The van der Waals surface area contributed by atoms with Gasteiger partial charge in [-0.3, -0.25) is 4.79 Å². The minimum absolute atomic E-state index is 0.0862. The summed E-state index contributed by atoms with van der Waals surface area (Å²) in [5.41, 5.74) is -0.0572. The number of amides is 1. The van der Waals surface area contributed by atoms with Crippen molar-refractivity contribution in [2.24, 2.45) is 0 Å². The molecule has 0 aliphatic heterocycles. The Labute approximate surface area is 177 Å². The smallest absolute Gasteiger partial charge is 0.416 e. The summed E-state index contributed by atoms with van der Waals surface area (Å²) < 4.78 is 49.4. The van der Waals surface area contributed by atoms with Gasteiger partial charge in [-0.2, -0.15) is 13.2 Å². The Bertz CT molecular complexity index is 977. The Morgan fingerprint density at radius 2 is 1.42 bits per heavy atom. The number of ether oxygens (including phenoxy) is 2. The number of carbonyl (C=O) groups excluding carboxylic acids is 1. The van der Waals surface area contributed by atoms with Gasteiger partial charge in [0, 0.05) is 11.4 Å². The molecule has 0 fully saturated rings. The van der Waals surface area contributed by atoms with Crippen molar-refractivity contribution in [2.45, 2.75) is 6.18 Å². The number of hydrogen-bond acceptors (Lipinski definition) is 4. The van der Waals surface area contributed by atoms with Crippen LogP contribution >= 0.6 is 0 Å². The number of para-hydroxylation sites is 1. The van der Waals surface area contributed by atoms with Gasteiger partial charge in [0.1, 0.15) is 24.7 Å². The molecule has 3 aromatic carbocycles. The largest absolute Gasteiger partial charge is 0.490 e. The lowest BCUT2D eigenvalue weighted by Gasteiger charge is -2.11. The van der Waals surface area contributed by atoms with Gasteiger partial charge in [-0.05, 0) is 54.6 Å². The van der Waals surface area contributed by atoms with Crippen LogP contribution in [0.25, 0.3) is 0 Å². The highest BCUT2D eigenvalue weighted by molar-refractivity contribution is 5.93. The standard InChI is InChI=1S/C23H21F3N2O3/c24-23(25,26)17-5-4-6-19(15-17)28-22(29)16-27-18-9-11-21(12-10-18)31-14-13-30-20-7-2-1-3-8-20/h1-12,15,27H,13-14,16H2,(H,28,29). The van der Waals surface area contributed by atoms with Gasteiger partial charge in [-0.25, -0.2) is 0 Å². The van der Waals surface area contributed by atoms with E-state index in [4.69, 9.17) is 9.47 Å². The Kier molecular flexibility index (Phi) is 7.37. The van der Waals surface area contributed by atoms with Crippen LogP contribution in [-0.2, 0) is 11.0 Å². The maximum atomic E-state index is 12.7. The van der Waals surface area contributed by atoms with Gasteiger partial charge in [-0.15, -0.1) is 0 Å². The Balaban J connectivity index is 1.40. The predicted molar refractivity (Wildman–Crippen MR) is 112 cm³/mol. The molecule has 0 bridgehead atoms. The summed E-state index contributed by atoms with van der Waals surface area (Å²) in [6.45, 7) is 0.683. The number of rotatable bonds is 9. The summed E-state index contributed by atoms with van der Waals surface area (Å²) in [4.78, 5) is 12.0. The fourth-order valence-corrected chi connectivity index (χ4v) is 2.67. The van der Waals surface area contributed by atoms with Gasteiger partial charge >= 0.3 is 6.18 Å². The van der Waals surface area contributed by atoms with Gasteiger partial charge in [0.25, 0.3) is 0 Å². The lowest BCUT2D eigenvalue weighted by atomic mass is 10.2. The molecule has 0 unspecified atom stereocenters. The first kappa shape index (κ1) is 22.0. The van der Waals surface area contributed by atoms with Crippen LogP contribution in [0.15, 0.2) is 78.9 Å². The van der Waals surface area contributed by atoms with Gasteiger partial charge in [0.2, 0.25) is 5.91 Å². The van der Waals surface area contributed by atoms with E-state index in [0.717, 1.165) is 17.9 Å². The molecule has 0 saturated carbocycles. The molecule has 5 nitrogen and oxygen atoms in total. The van der Waals surface area contributed by atoms with E-state index in [1.165, 1.54) is 12.1 Å². The van der Waals surface area contributed by atoms with Gasteiger partial charge < -0.3 is 20.1 Å². The first-order chi connectivity index (χ1) is 14.9. The normalized spacial score (nSPS) is 10.9. The monoisotopic (exact) mass is 430 g/mol. The SMILES string of the molecule is O=C(CNc1ccc(OCCOc2ccccc2)cc1)Nc1cccc(C(F)(F)F)c1. The lowest BCUT2D eigenvalue weighted by molar-refractivity contribution is -0.137. The van der Waals surface area contributed by atoms with Crippen molar-refractivity contribution in [2.75, 3.05) is 30.4 Å². The van der Waals surface area contributed by atoms with Crippen molar-refractivity contribution in [3.63, 3.8) is 0 Å². The topological polar surface area (TPSA) is 59.6 Å². The fraction of sp³-hybridized carbons (Fsp3) is 0.174. The minimum atomic E-state index is -4.46. The number of alkyl halides is 3. The molecule has 0 saturated heterocycles. The number of halogens is 3. The first-order valence-electron chi connectivity index (χ1n) is 9.52. The molecule has 162 valence electrons. The molecule has 2 N–H and O–H groups in total. The third-order valence-electron chi connectivity index (χ3n) is 4.15. The molecule has 31 heavy (non-hydrogen) atoms. The van der Waals surface area contributed by atoms with Crippen LogP contribution in [-0.4, -0.2) is 25.7 Å². The summed E-state index contributed by atoms with van der Waals surface area (Å²) in [7, 11) is 0. The predicted octanol–water partition coefficient (Wildman–Crippen LogP) is 5.21. The molecule has 0 aromatic heterocycles. The lowest BCUT2D eigenvalue weighted by Crippen LogP contribution is -2.22. The van der Waals surface area contributed by atoms with E-state index in [1.54, 1.807) is 24.3 Å². The molecule has 8 heteroatoms. The third-order valence-corrected chi connectivity index (χ3v) is 4.15. The van der Waals surface area contributed by atoms with Crippen LogP contribution in [0.3, 0.4) is 0 Å². The van der Waals surface area contributed by atoms with Crippen molar-refractivity contribution in [3.05, 3.63) is 84.4 Å². The van der Waals surface area contributed by atoms with Crippen LogP contribution in [0.4, 0.5) is 24.5 Å². The second-order valence-corrected chi connectivity index (χ2v) is 6.51. The number of anilines is 2. The van der Waals surface area contributed by atoms with Crippen LogP contribution in [0.2, 0.25) is 0 Å². The highest BCUT2D eigenvalue weighted by Crippen LogP contribution is 2.30. The molecular weight excluding hydrogens is 409 g/mol. The number of benzene rings is 3. The van der Waals surface area contributed by atoms with E-state index in [0.29, 0.717) is 24.7 Å². The Morgan fingerprint density at radius 1 is 0.774 bits per heavy atom. The quantitative estimate of drug-likeness (QED) is 0.458. The molecule has 3 rings (SSSR count). The maximum Gasteiger partial charge on any atom is 0.416 e. The zero-order valence-corrected chi connectivity index (χ0v) is 16.5.